The Morgan fingerprint density at radius 3 is 2.28 bits per heavy atom. The molecule has 1 fully saturated rings. The summed E-state index contributed by atoms with van der Waals surface area (Å²) in [6.07, 6.45) is 1.81. The lowest BCUT2D eigenvalue weighted by Gasteiger charge is -2.36. The minimum absolute atomic E-state index is 0.00218. The lowest BCUT2D eigenvalue weighted by atomic mass is 9.89. The molecule has 1 saturated heterocycles. The summed E-state index contributed by atoms with van der Waals surface area (Å²) in [5.74, 6) is -0.440. The van der Waals surface area contributed by atoms with Gasteiger partial charge in [0, 0.05) is 63.0 Å². The molecule has 9 nitrogen and oxygen atoms in total. The number of hydrogen-bond acceptors (Lipinski definition) is 5. The van der Waals surface area contributed by atoms with Crippen LogP contribution in [0.3, 0.4) is 0 Å². The maximum Gasteiger partial charge on any atom is 0.265 e. The zero-order valence-electron chi connectivity index (χ0n) is 29.4. The third-order valence-corrected chi connectivity index (χ3v) is 10.9. The number of ether oxygens (including phenoxy) is 1. The third kappa shape index (κ3) is 6.60. The first-order valence-electron chi connectivity index (χ1n) is 17.8. The SMILES string of the molecule is Cc1c(C)c(-c2cc3c(cc2C(=O)N2Cc4ccccc4C[C@H]2C)CN(C(=O)Cc2ccccc2)CC3)n(CCN2CCOCC2)c1C(N)=O. The lowest BCUT2D eigenvalue weighted by Crippen LogP contribution is -2.43. The number of aromatic nitrogens is 1. The van der Waals surface area contributed by atoms with Crippen LogP contribution < -0.4 is 5.73 Å². The number of morpholine rings is 1. The molecule has 0 saturated carbocycles. The highest BCUT2D eigenvalue weighted by molar-refractivity contribution is 6.03. The number of fused-ring (bicyclic) bond motifs is 2. The van der Waals surface area contributed by atoms with Gasteiger partial charge in [0.25, 0.3) is 11.8 Å². The summed E-state index contributed by atoms with van der Waals surface area (Å²) >= 11 is 0. The molecule has 4 aromatic rings. The van der Waals surface area contributed by atoms with Gasteiger partial charge < -0.3 is 24.8 Å². The topological polar surface area (TPSA) is 101 Å². The Morgan fingerprint density at radius 1 is 0.820 bits per heavy atom. The fourth-order valence-corrected chi connectivity index (χ4v) is 8.01. The Hall–Kier alpha value is -4.73. The van der Waals surface area contributed by atoms with Crippen molar-refractivity contribution in [3.63, 3.8) is 0 Å². The maximum atomic E-state index is 14.9. The molecule has 50 heavy (non-hydrogen) atoms. The van der Waals surface area contributed by atoms with E-state index >= 15 is 0 Å². The minimum Gasteiger partial charge on any atom is -0.379 e. The van der Waals surface area contributed by atoms with Gasteiger partial charge in [-0.2, -0.15) is 0 Å². The molecule has 0 bridgehead atoms. The van der Waals surface area contributed by atoms with Gasteiger partial charge in [0.05, 0.1) is 25.3 Å². The van der Waals surface area contributed by atoms with E-state index in [1.807, 2.05) is 66.1 Å². The van der Waals surface area contributed by atoms with Gasteiger partial charge in [0.2, 0.25) is 5.91 Å². The Kier molecular flexibility index (Phi) is 9.62. The van der Waals surface area contributed by atoms with Crippen molar-refractivity contribution in [2.24, 2.45) is 5.73 Å². The maximum absolute atomic E-state index is 14.9. The predicted octanol–water partition coefficient (Wildman–Crippen LogP) is 4.92. The molecule has 3 aromatic carbocycles. The van der Waals surface area contributed by atoms with E-state index in [0.29, 0.717) is 63.5 Å². The summed E-state index contributed by atoms with van der Waals surface area (Å²) < 4.78 is 7.63. The molecule has 1 aromatic heterocycles. The van der Waals surface area contributed by atoms with Crippen LogP contribution in [-0.4, -0.2) is 82.4 Å². The second kappa shape index (κ2) is 14.2. The van der Waals surface area contributed by atoms with Crippen LogP contribution in [0.4, 0.5) is 0 Å². The standard InChI is InChI=1S/C41H47N5O4/c1-27-21-31-11-7-8-12-33(31)26-46(27)41(49)36-24-34-25-44(37(47)22-30-9-5-4-6-10-30)14-13-32(34)23-35(36)38-28(2)29(3)39(40(42)48)45(38)16-15-43-17-19-50-20-18-43/h4-12,23-24,27H,13-22,25-26H2,1-3H3,(H2,42,48)/t27-/m1/s1. The Balaban J connectivity index is 1.31. The first-order chi connectivity index (χ1) is 24.2. The zero-order chi connectivity index (χ0) is 34.9. The van der Waals surface area contributed by atoms with Gasteiger partial charge in [-0.3, -0.25) is 19.3 Å². The van der Waals surface area contributed by atoms with Gasteiger partial charge in [0.15, 0.2) is 0 Å². The van der Waals surface area contributed by atoms with Crippen LogP contribution in [0.25, 0.3) is 11.3 Å². The summed E-state index contributed by atoms with van der Waals surface area (Å²) in [5, 5.41) is 0. The van der Waals surface area contributed by atoms with E-state index in [2.05, 4.69) is 40.7 Å². The third-order valence-electron chi connectivity index (χ3n) is 10.9. The molecule has 0 unspecified atom stereocenters. The summed E-state index contributed by atoms with van der Waals surface area (Å²) in [6.45, 7) is 12.0. The van der Waals surface area contributed by atoms with E-state index in [1.165, 1.54) is 5.56 Å². The first-order valence-corrected chi connectivity index (χ1v) is 17.8. The van der Waals surface area contributed by atoms with E-state index in [1.54, 1.807) is 0 Å². The van der Waals surface area contributed by atoms with E-state index in [9.17, 15) is 14.4 Å². The number of primary amides is 1. The highest BCUT2D eigenvalue weighted by Crippen LogP contribution is 2.38. The number of rotatable bonds is 8. The largest absolute Gasteiger partial charge is 0.379 e. The van der Waals surface area contributed by atoms with E-state index < -0.39 is 5.91 Å². The van der Waals surface area contributed by atoms with Crippen molar-refractivity contribution in [2.75, 3.05) is 39.4 Å². The van der Waals surface area contributed by atoms with Crippen LogP contribution in [0.5, 0.6) is 0 Å². The number of hydrogen-bond donors (Lipinski definition) is 1. The molecule has 3 aliphatic rings. The van der Waals surface area contributed by atoms with E-state index in [0.717, 1.165) is 70.7 Å². The molecule has 3 aliphatic heterocycles. The average Bonchev–Trinajstić information content (AvgIpc) is 3.38. The Labute approximate surface area is 294 Å². The van der Waals surface area contributed by atoms with Crippen molar-refractivity contribution in [1.29, 1.82) is 0 Å². The smallest absolute Gasteiger partial charge is 0.265 e. The Morgan fingerprint density at radius 2 is 1.54 bits per heavy atom. The van der Waals surface area contributed by atoms with E-state index in [-0.39, 0.29) is 17.9 Å². The molecule has 0 aliphatic carbocycles. The molecule has 260 valence electrons. The van der Waals surface area contributed by atoms with Gasteiger partial charge in [-0.15, -0.1) is 0 Å². The molecule has 0 radical (unpaired) electrons. The van der Waals surface area contributed by atoms with Crippen LogP contribution in [0.1, 0.15) is 66.7 Å². The normalized spacial score (nSPS) is 17.7. The van der Waals surface area contributed by atoms with Crippen LogP contribution in [0.15, 0.2) is 66.7 Å². The van der Waals surface area contributed by atoms with Crippen molar-refractivity contribution in [3.05, 3.63) is 117 Å². The van der Waals surface area contributed by atoms with Crippen LogP contribution >= 0.6 is 0 Å². The highest BCUT2D eigenvalue weighted by Gasteiger charge is 2.33. The molecule has 1 atom stereocenters. The summed E-state index contributed by atoms with van der Waals surface area (Å²) in [5.41, 5.74) is 16.1. The van der Waals surface area contributed by atoms with Crippen LogP contribution in [0.2, 0.25) is 0 Å². The fourth-order valence-electron chi connectivity index (χ4n) is 8.01. The van der Waals surface area contributed by atoms with Crippen molar-refractivity contribution in [3.8, 4) is 11.3 Å². The highest BCUT2D eigenvalue weighted by atomic mass is 16.5. The van der Waals surface area contributed by atoms with Gasteiger partial charge in [-0.1, -0.05) is 54.6 Å². The van der Waals surface area contributed by atoms with Gasteiger partial charge in [0.1, 0.15) is 5.69 Å². The zero-order valence-corrected chi connectivity index (χ0v) is 29.4. The molecule has 9 heteroatoms. The van der Waals surface area contributed by atoms with E-state index in [4.69, 9.17) is 10.5 Å². The Bertz CT molecular complexity index is 1930. The molecular formula is C41H47N5O4. The molecule has 3 amide bonds. The van der Waals surface area contributed by atoms with Crippen molar-refractivity contribution in [1.82, 2.24) is 19.3 Å². The van der Waals surface area contributed by atoms with Gasteiger partial charge in [-0.05, 0) is 84.7 Å². The number of carbonyl (C=O) groups is 3. The monoisotopic (exact) mass is 673 g/mol. The van der Waals surface area contributed by atoms with Crippen molar-refractivity contribution < 1.29 is 19.1 Å². The van der Waals surface area contributed by atoms with Gasteiger partial charge >= 0.3 is 0 Å². The number of carbonyl (C=O) groups excluding carboxylic acids is 3. The second-order valence-corrected chi connectivity index (χ2v) is 14.1. The number of nitrogens with two attached hydrogens (primary N) is 1. The summed E-state index contributed by atoms with van der Waals surface area (Å²) in [7, 11) is 0. The van der Waals surface area contributed by atoms with Crippen LogP contribution in [0, 0.1) is 13.8 Å². The molecular weight excluding hydrogens is 626 g/mol. The summed E-state index contributed by atoms with van der Waals surface area (Å²) in [6, 6.07) is 22.4. The molecule has 4 heterocycles. The summed E-state index contributed by atoms with van der Waals surface area (Å²) in [4.78, 5) is 47.7. The average molecular weight is 674 g/mol. The molecule has 7 rings (SSSR count). The minimum atomic E-state index is -0.474. The lowest BCUT2D eigenvalue weighted by molar-refractivity contribution is -0.131. The van der Waals surface area contributed by atoms with Crippen molar-refractivity contribution in [2.45, 2.75) is 65.7 Å². The quantitative estimate of drug-likeness (QED) is 0.287. The second-order valence-electron chi connectivity index (χ2n) is 14.1. The fraction of sp³-hybridized carbons (Fsp3) is 0.390. The number of nitrogens with zero attached hydrogens (tertiary/aromatic N) is 4. The first kappa shape index (κ1) is 33.8. The van der Waals surface area contributed by atoms with Gasteiger partial charge in [-0.25, -0.2) is 0 Å². The predicted molar refractivity (Wildman–Crippen MR) is 194 cm³/mol. The molecule has 0 spiro atoms. The number of benzene rings is 3. The van der Waals surface area contributed by atoms with Crippen molar-refractivity contribution >= 4 is 17.7 Å². The number of amides is 3. The van der Waals surface area contributed by atoms with Crippen LogP contribution in [-0.2, 0) is 48.4 Å². The molecule has 2 N–H and O–H groups in total.